The Morgan fingerprint density at radius 1 is 1.15 bits per heavy atom. The largest absolute Gasteiger partial charge is 0.483 e. The predicted octanol–water partition coefficient (Wildman–Crippen LogP) is 5.10. The Labute approximate surface area is 163 Å². The van der Waals surface area contributed by atoms with Crippen molar-refractivity contribution in [3.63, 3.8) is 0 Å². The highest BCUT2D eigenvalue weighted by Gasteiger charge is 2.08. The highest BCUT2D eigenvalue weighted by molar-refractivity contribution is 9.10. The molecule has 0 saturated carbocycles. The minimum Gasteiger partial charge on any atom is -0.483 e. The van der Waals surface area contributed by atoms with Gasteiger partial charge < -0.3 is 4.74 Å². The molecule has 1 amide bonds. The number of hydrazone groups is 1. The van der Waals surface area contributed by atoms with Crippen LogP contribution in [0.5, 0.6) is 5.75 Å². The van der Waals surface area contributed by atoms with Crippen LogP contribution >= 0.6 is 15.9 Å². The summed E-state index contributed by atoms with van der Waals surface area (Å²) in [5.74, 6) is 0.372. The maximum absolute atomic E-state index is 12.1. The lowest BCUT2D eigenvalue weighted by molar-refractivity contribution is -0.123. The minimum atomic E-state index is -0.276. The fourth-order valence-electron chi connectivity index (χ4n) is 2.43. The predicted molar refractivity (Wildman–Crippen MR) is 110 cm³/mol. The lowest BCUT2D eigenvalue weighted by atomic mass is 10.1. The highest BCUT2D eigenvalue weighted by atomic mass is 79.9. The molecule has 2 aromatic carbocycles. The van der Waals surface area contributed by atoms with Gasteiger partial charge in [-0.05, 0) is 58.5 Å². The fraction of sp³-hybridized carbons (Fsp3) is 0.333. The number of amides is 1. The lowest BCUT2D eigenvalue weighted by Crippen LogP contribution is -2.26. The number of nitrogens with zero attached hydrogens (tertiary/aromatic N) is 1. The second kappa shape index (κ2) is 10.8. The smallest absolute Gasteiger partial charge is 0.277 e. The number of hydrogen-bond donors (Lipinski definition) is 1. The molecule has 4 nitrogen and oxygen atoms in total. The van der Waals surface area contributed by atoms with Gasteiger partial charge in [-0.25, -0.2) is 5.43 Å². The second-order valence-corrected chi connectivity index (χ2v) is 6.82. The van der Waals surface area contributed by atoms with Crippen LogP contribution in [0.3, 0.4) is 0 Å². The van der Waals surface area contributed by atoms with Crippen LogP contribution in [0.2, 0.25) is 0 Å². The molecule has 0 spiro atoms. The standard InChI is InChI=1S/C21H25BrN2O2/c1-3-5-11-19(17-9-7-6-8-10-17)23-24-21(25)15-26-20-13-12-16(4-2)14-18(20)22/h6-10,12-14H,3-5,11,15H2,1-2H3,(H,24,25). The van der Waals surface area contributed by atoms with E-state index in [-0.39, 0.29) is 12.5 Å². The maximum Gasteiger partial charge on any atom is 0.277 e. The van der Waals surface area contributed by atoms with Gasteiger partial charge in [0.05, 0.1) is 10.2 Å². The summed E-state index contributed by atoms with van der Waals surface area (Å²) in [6, 6.07) is 15.8. The molecule has 0 aliphatic heterocycles. The third kappa shape index (κ3) is 6.30. The number of ether oxygens (including phenoxy) is 1. The zero-order valence-electron chi connectivity index (χ0n) is 15.3. The minimum absolute atomic E-state index is 0.0799. The van der Waals surface area contributed by atoms with E-state index in [4.69, 9.17) is 4.74 Å². The molecule has 1 N–H and O–H groups in total. The summed E-state index contributed by atoms with van der Waals surface area (Å²) < 4.78 is 6.44. The van der Waals surface area contributed by atoms with Crippen LogP contribution in [0.4, 0.5) is 0 Å². The Morgan fingerprint density at radius 3 is 2.58 bits per heavy atom. The van der Waals surface area contributed by atoms with E-state index >= 15 is 0 Å². The van der Waals surface area contributed by atoms with E-state index in [0.29, 0.717) is 5.75 Å². The summed E-state index contributed by atoms with van der Waals surface area (Å²) in [5.41, 5.74) is 5.73. The number of nitrogens with one attached hydrogen (secondary N) is 1. The fourth-order valence-corrected chi connectivity index (χ4v) is 2.97. The third-order valence-electron chi connectivity index (χ3n) is 3.95. The van der Waals surface area contributed by atoms with Crippen molar-refractivity contribution in [2.45, 2.75) is 39.5 Å². The number of unbranched alkanes of at least 4 members (excludes halogenated alkanes) is 1. The molecule has 0 saturated heterocycles. The van der Waals surface area contributed by atoms with Gasteiger partial charge in [-0.15, -0.1) is 0 Å². The topological polar surface area (TPSA) is 50.7 Å². The molecule has 0 bridgehead atoms. The van der Waals surface area contributed by atoms with E-state index in [9.17, 15) is 4.79 Å². The molecular weight excluding hydrogens is 392 g/mol. The Kier molecular flexibility index (Phi) is 8.35. The molecule has 0 unspecified atom stereocenters. The summed E-state index contributed by atoms with van der Waals surface area (Å²) in [7, 11) is 0. The average Bonchev–Trinajstić information content (AvgIpc) is 2.67. The van der Waals surface area contributed by atoms with E-state index in [1.54, 1.807) is 0 Å². The van der Waals surface area contributed by atoms with Crippen molar-refractivity contribution in [3.8, 4) is 5.75 Å². The molecule has 26 heavy (non-hydrogen) atoms. The first-order valence-electron chi connectivity index (χ1n) is 8.96. The first-order valence-corrected chi connectivity index (χ1v) is 9.75. The van der Waals surface area contributed by atoms with E-state index in [2.05, 4.69) is 40.3 Å². The molecule has 0 aliphatic rings. The molecule has 0 atom stereocenters. The summed E-state index contributed by atoms with van der Waals surface area (Å²) in [6.45, 7) is 4.15. The molecule has 0 aliphatic carbocycles. The van der Waals surface area contributed by atoms with Gasteiger partial charge >= 0.3 is 0 Å². The maximum atomic E-state index is 12.1. The van der Waals surface area contributed by atoms with Crippen molar-refractivity contribution in [1.29, 1.82) is 0 Å². The molecule has 0 heterocycles. The van der Waals surface area contributed by atoms with Crippen LogP contribution < -0.4 is 10.2 Å². The van der Waals surface area contributed by atoms with Crippen molar-refractivity contribution in [1.82, 2.24) is 5.43 Å². The molecule has 2 aromatic rings. The van der Waals surface area contributed by atoms with Gasteiger partial charge in [0.25, 0.3) is 5.91 Å². The molecular formula is C21H25BrN2O2. The normalized spacial score (nSPS) is 11.3. The van der Waals surface area contributed by atoms with Crippen LogP contribution in [-0.4, -0.2) is 18.2 Å². The third-order valence-corrected chi connectivity index (χ3v) is 4.57. The van der Waals surface area contributed by atoms with Crippen LogP contribution in [0.15, 0.2) is 58.1 Å². The molecule has 2 rings (SSSR count). The number of aryl methyl sites for hydroxylation is 1. The summed E-state index contributed by atoms with van der Waals surface area (Å²) >= 11 is 3.48. The van der Waals surface area contributed by atoms with Crippen molar-refractivity contribution >= 4 is 27.5 Å². The van der Waals surface area contributed by atoms with Crippen molar-refractivity contribution < 1.29 is 9.53 Å². The lowest BCUT2D eigenvalue weighted by Gasteiger charge is -2.10. The van der Waals surface area contributed by atoms with Gasteiger partial charge in [0.2, 0.25) is 0 Å². The van der Waals surface area contributed by atoms with E-state index < -0.39 is 0 Å². The number of rotatable bonds is 9. The first kappa shape index (κ1) is 20.2. The zero-order valence-corrected chi connectivity index (χ0v) is 16.9. The van der Waals surface area contributed by atoms with Gasteiger partial charge in [0.1, 0.15) is 5.75 Å². The van der Waals surface area contributed by atoms with Crippen LogP contribution in [-0.2, 0) is 11.2 Å². The van der Waals surface area contributed by atoms with Crippen molar-refractivity contribution in [3.05, 3.63) is 64.1 Å². The highest BCUT2D eigenvalue weighted by Crippen LogP contribution is 2.26. The van der Waals surface area contributed by atoms with Crippen molar-refractivity contribution in [2.75, 3.05) is 6.61 Å². The number of carbonyl (C=O) groups excluding carboxylic acids is 1. The monoisotopic (exact) mass is 416 g/mol. The van der Waals surface area contributed by atoms with E-state index in [0.717, 1.165) is 41.4 Å². The van der Waals surface area contributed by atoms with Gasteiger partial charge in [0.15, 0.2) is 6.61 Å². The van der Waals surface area contributed by atoms with Crippen LogP contribution in [0.25, 0.3) is 0 Å². The zero-order chi connectivity index (χ0) is 18.8. The molecule has 0 fully saturated rings. The molecule has 0 radical (unpaired) electrons. The molecule has 138 valence electrons. The van der Waals surface area contributed by atoms with Gasteiger partial charge in [-0.2, -0.15) is 5.10 Å². The number of carbonyl (C=O) groups is 1. The Morgan fingerprint density at radius 2 is 1.92 bits per heavy atom. The quantitative estimate of drug-likeness (QED) is 0.456. The van der Waals surface area contributed by atoms with Gasteiger partial charge in [-0.3, -0.25) is 4.79 Å². The Bertz CT molecular complexity index is 745. The van der Waals surface area contributed by atoms with E-state index in [1.165, 1.54) is 5.56 Å². The van der Waals surface area contributed by atoms with Crippen molar-refractivity contribution in [2.24, 2.45) is 5.10 Å². The summed E-state index contributed by atoms with van der Waals surface area (Å²) in [5, 5.41) is 4.32. The van der Waals surface area contributed by atoms with E-state index in [1.807, 2.05) is 48.5 Å². The Balaban J connectivity index is 1.95. The summed E-state index contributed by atoms with van der Waals surface area (Å²) in [4.78, 5) is 12.1. The Hall–Kier alpha value is -2.14. The van der Waals surface area contributed by atoms with Gasteiger partial charge in [0, 0.05) is 0 Å². The molecule has 0 aromatic heterocycles. The van der Waals surface area contributed by atoms with Crippen LogP contribution in [0.1, 0.15) is 44.2 Å². The first-order chi connectivity index (χ1) is 12.6. The SMILES string of the molecule is CCCCC(=NNC(=O)COc1ccc(CC)cc1Br)c1ccccc1. The number of halogens is 1. The summed E-state index contributed by atoms with van der Waals surface area (Å²) in [6.07, 6.45) is 3.88. The average molecular weight is 417 g/mol. The second-order valence-electron chi connectivity index (χ2n) is 5.97. The molecule has 5 heteroatoms. The van der Waals surface area contributed by atoms with Crippen LogP contribution in [0, 0.1) is 0 Å². The number of benzene rings is 2. The number of hydrogen-bond acceptors (Lipinski definition) is 3. The van der Waals surface area contributed by atoms with Gasteiger partial charge in [-0.1, -0.05) is 56.7 Å².